The van der Waals surface area contributed by atoms with Crippen molar-refractivity contribution >= 4 is 0 Å². The van der Waals surface area contributed by atoms with Crippen molar-refractivity contribution < 1.29 is 4.74 Å². The lowest BCUT2D eigenvalue weighted by Crippen LogP contribution is -2.59. The van der Waals surface area contributed by atoms with Crippen LogP contribution in [0.1, 0.15) is 37.3 Å². The van der Waals surface area contributed by atoms with E-state index in [4.69, 9.17) is 10.5 Å². The van der Waals surface area contributed by atoms with Crippen molar-refractivity contribution in [1.29, 1.82) is 0 Å². The number of hydrogen-bond acceptors (Lipinski definition) is 3. The Morgan fingerprint density at radius 3 is 2.90 bits per heavy atom. The van der Waals surface area contributed by atoms with Gasteiger partial charge >= 0.3 is 0 Å². The zero-order valence-corrected chi connectivity index (χ0v) is 12.5. The molecule has 0 amide bonds. The van der Waals surface area contributed by atoms with Gasteiger partial charge in [0.15, 0.2) is 0 Å². The Balaban J connectivity index is 1.80. The Kier molecular flexibility index (Phi) is 4.11. The minimum atomic E-state index is 0.145. The van der Waals surface area contributed by atoms with E-state index < -0.39 is 0 Å². The molecule has 2 N–H and O–H groups in total. The third kappa shape index (κ3) is 2.50. The molecule has 1 aromatic rings. The van der Waals surface area contributed by atoms with Crippen LogP contribution in [0.3, 0.4) is 0 Å². The predicted molar refractivity (Wildman–Crippen MR) is 81.6 cm³/mol. The van der Waals surface area contributed by atoms with Crippen LogP contribution in [-0.2, 0) is 17.7 Å². The SMILES string of the molecule is CCC1CC(CN)(N2CCc3ccccc3C2)CCO1. The topological polar surface area (TPSA) is 38.5 Å². The van der Waals surface area contributed by atoms with E-state index in [0.717, 1.165) is 51.9 Å². The van der Waals surface area contributed by atoms with Crippen molar-refractivity contribution in [2.75, 3.05) is 19.7 Å². The van der Waals surface area contributed by atoms with Crippen LogP contribution in [0.4, 0.5) is 0 Å². The molecule has 0 aliphatic carbocycles. The Bertz CT molecular complexity index is 462. The van der Waals surface area contributed by atoms with Crippen LogP contribution in [0.2, 0.25) is 0 Å². The quantitative estimate of drug-likeness (QED) is 0.919. The highest BCUT2D eigenvalue weighted by Gasteiger charge is 2.41. The van der Waals surface area contributed by atoms with E-state index in [-0.39, 0.29) is 5.54 Å². The van der Waals surface area contributed by atoms with Crippen LogP contribution in [-0.4, -0.2) is 36.2 Å². The third-order valence-electron chi connectivity index (χ3n) is 5.17. The van der Waals surface area contributed by atoms with Gasteiger partial charge in [-0.05, 0) is 36.8 Å². The van der Waals surface area contributed by atoms with Crippen LogP contribution in [0.15, 0.2) is 24.3 Å². The molecule has 0 saturated carbocycles. The molecule has 0 bridgehead atoms. The van der Waals surface area contributed by atoms with Crippen molar-refractivity contribution in [1.82, 2.24) is 4.90 Å². The summed E-state index contributed by atoms with van der Waals surface area (Å²) in [7, 11) is 0. The molecule has 110 valence electrons. The molecule has 2 atom stereocenters. The maximum absolute atomic E-state index is 6.21. The zero-order chi connectivity index (χ0) is 14.0. The highest BCUT2D eigenvalue weighted by molar-refractivity contribution is 5.29. The monoisotopic (exact) mass is 274 g/mol. The Morgan fingerprint density at radius 2 is 2.15 bits per heavy atom. The summed E-state index contributed by atoms with van der Waals surface area (Å²) < 4.78 is 5.86. The Morgan fingerprint density at radius 1 is 1.35 bits per heavy atom. The van der Waals surface area contributed by atoms with Crippen LogP contribution in [0, 0.1) is 0 Å². The summed E-state index contributed by atoms with van der Waals surface area (Å²) in [6.07, 6.45) is 4.77. The molecule has 2 aliphatic heterocycles. The van der Waals surface area contributed by atoms with E-state index in [1.807, 2.05) is 0 Å². The molecule has 2 unspecified atom stereocenters. The van der Waals surface area contributed by atoms with Gasteiger partial charge in [-0.1, -0.05) is 31.2 Å². The highest BCUT2D eigenvalue weighted by Crippen LogP contribution is 2.34. The fourth-order valence-electron chi connectivity index (χ4n) is 3.76. The molecule has 0 aromatic heterocycles. The van der Waals surface area contributed by atoms with Gasteiger partial charge in [0.05, 0.1) is 6.10 Å². The molecule has 1 aromatic carbocycles. The largest absolute Gasteiger partial charge is 0.378 e. The van der Waals surface area contributed by atoms with E-state index in [2.05, 4.69) is 36.1 Å². The number of nitrogens with zero attached hydrogens (tertiary/aromatic N) is 1. The van der Waals surface area contributed by atoms with Crippen molar-refractivity contribution in [2.45, 2.75) is 50.8 Å². The van der Waals surface area contributed by atoms with Crippen molar-refractivity contribution in [3.05, 3.63) is 35.4 Å². The third-order valence-corrected chi connectivity index (χ3v) is 5.17. The van der Waals surface area contributed by atoms with Gasteiger partial charge in [0.2, 0.25) is 0 Å². The van der Waals surface area contributed by atoms with Gasteiger partial charge in [0, 0.05) is 31.8 Å². The summed E-state index contributed by atoms with van der Waals surface area (Å²) in [6.45, 7) is 5.99. The molecule has 2 aliphatic rings. The van der Waals surface area contributed by atoms with E-state index >= 15 is 0 Å². The second-order valence-electron chi connectivity index (χ2n) is 6.22. The molecule has 3 heteroatoms. The maximum Gasteiger partial charge on any atom is 0.0590 e. The molecule has 3 rings (SSSR count). The van der Waals surface area contributed by atoms with Gasteiger partial charge in [-0.15, -0.1) is 0 Å². The lowest BCUT2D eigenvalue weighted by Gasteiger charge is -2.49. The minimum absolute atomic E-state index is 0.145. The minimum Gasteiger partial charge on any atom is -0.378 e. The van der Waals surface area contributed by atoms with Crippen LogP contribution in [0.25, 0.3) is 0 Å². The molecule has 1 fully saturated rings. The number of benzene rings is 1. The number of rotatable bonds is 3. The van der Waals surface area contributed by atoms with Gasteiger partial charge < -0.3 is 10.5 Å². The molecule has 3 nitrogen and oxygen atoms in total. The molecule has 1 saturated heterocycles. The lowest BCUT2D eigenvalue weighted by molar-refractivity contribution is -0.0763. The zero-order valence-electron chi connectivity index (χ0n) is 12.5. The van der Waals surface area contributed by atoms with Gasteiger partial charge in [0.25, 0.3) is 0 Å². The van der Waals surface area contributed by atoms with E-state index in [1.54, 1.807) is 0 Å². The highest BCUT2D eigenvalue weighted by atomic mass is 16.5. The smallest absolute Gasteiger partial charge is 0.0590 e. The van der Waals surface area contributed by atoms with Crippen LogP contribution < -0.4 is 5.73 Å². The predicted octanol–water partition coefficient (Wildman–Crippen LogP) is 2.33. The average Bonchev–Trinajstić information content (AvgIpc) is 2.54. The first-order valence-electron chi connectivity index (χ1n) is 7.91. The molecule has 20 heavy (non-hydrogen) atoms. The number of ether oxygens (including phenoxy) is 1. The number of fused-ring (bicyclic) bond motifs is 1. The molecular formula is C17H26N2O. The summed E-state index contributed by atoms with van der Waals surface area (Å²) in [5, 5.41) is 0. The molecular weight excluding hydrogens is 248 g/mol. The maximum atomic E-state index is 6.21. The summed E-state index contributed by atoms with van der Waals surface area (Å²) in [4.78, 5) is 2.63. The van der Waals surface area contributed by atoms with E-state index in [9.17, 15) is 0 Å². The fourth-order valence-corrected chi connectivity index (χ4v) is 3.76. The van der Waals surface area contributed by atoms with Crippen LogP contribution in [0.5, 0.6) is 0 Å². The van der Waals surface area contributed by atoms with Crippen molar-refractivity contribution in [3.63, 3.8) is 0 Å². The standard InChI is InChI=1S/C17H26N2O/c1-2-16-11-17(13-18,8-10-20-16)19-9-7-14-5-3-4-6-15(14)12-19/h3-6,16H,2,7-13,18H2,1H3. The second-order valence-corrected chi connectivity index (χ2v) is 6.22. The Labute approximate surface area is 122 Å². The van der Waals surface area contributed by atoms with Crippen molar-refractivity contribution in [2.24, 2.45) is 5.73 Å². The van der Waals surface area contributed by atoms with Gasteiger partial charge in [-0.3, -0.25) is 4.90 Å². The summed E-state index contributed by atoms with van der Waals surface area (Å²) >= 11 is 0. The number of nitrogens with two attached hydrogens (primary N) is 1. The molecule has 0 spiro atoms. The normalized spacial score (nSPS) is 31.0. The number of hydrogen-bond donors (Lipinski definition) is 1. The summed E-state index contributed by atoms with van der Waals surface area (Å²) in [5.74, 6) is 0. The molecule has 0 radical (unpaired) electrons. The van der Waals surface area contributed by atoms with E-state index in [1.165, 1.54) is 11.1 Å². The van der Waals surface area contributed by atoms with Crippen LogP contribution >= 0.6 is 0 Å². The van der Waals surface area contributed by atoms with Crippen molar-refractivity contribution in [3.8, 4) is 0 Å². The van der Waals surface area contributed by atoms with Gasteiger partial charge in [-0.25, -0.2) is 0 Å². The van der Waals surface area contributed by atoms with Gasteiger partial charge in [-0.2, -0.15) is 0 Å². The lowest BCUT2D eigenvalue weighted by atomic mass is 9.82. The first-order valence-corrected chi connectivity index (χ1v) is 7.91. The fraction of sp³-hybridized carbons (Fsp3) is 0.647. The van der Waals surface area contributed by atoms with Gasteiger partial charge in [0.1, 0.15) is 0 Å². The second kappa shape index (κ2) is 5.84. The Hall–Kier alpha value is -0.900. The summed E-state index contributed by atoms with van der Waals surface area (Å²) in [5.41, 5.74) is 9.34. The molecule has 2 heterocycles. The first-order chi connectivity index (χ1) is 9.77. The van der Waals surface area contributed by atoms with E-state index in [0.29, 0.717) is 6.10 Å². The average molecular weight is 274 g/mol. The first kappa shape index (κ1) is 14.1. The summed E-state index contributed by atoms with van der Waals surface area (Å²) in [6, 6.07) is 8.83.